The van der Waals surface area contributed by atoms with Crippen LogP contribution in [0.3, 0.4) is 0 Å². The Kier molecular flexibility index (Phi) is 4.65. The Hall–Kier alpha value is -1.55. The third-order valence-electron chi connectivity index (χ3n) is 3.05. The first-order chi connectivity index (χ1) is 9.49. The molecule has 1 aromatic heterocycles. The normalized spacial score (nSPS) is 10.9. The summed E-state index contributed by atoms with van der Waals surface area (Å²) in [7, 11) is 1.89. The van der Waals surface area contributed by atoms with Crippen molar-refractivity contribution in [2.45, 2.75) is 43.5 Å². The Morgan fingerprint density at radius 1 is 1.10 bits per heavy atom. The molecular weight excluding hydrogens is 266 g/mol. The average Bonchev–Trinajstić information content (AvgIpc) is 2.42. The lowest BCUT2D eigenvalue weighted by atomic mass is 10.2. The van der Waals surface area contributed by atoms with E-state index in [1.807, 2.05) is 13.1 Å². The van der Waals surface area contributed by atoms with Crippen molar-refractivity contribution in [3.8, 4) is 0 Å². The van der Waals surface area contributed by atoms with Crippen molar-refractivity contribution in [1.82, 2.24) is 9.97 Å². The maximum absolute atomic E-state index is 4.66. The molecule has 3 nitrogen and oxygen atoms in total. The highest BCUT2D eigenvalue weighted by atomic mass is 32.2. The van der Waals surface area contributed by atoms with Gasteiger partial charge >= 0.3 is 0 Å². The van der Waals surface area contributed by atoms with E-state index in [-0.39, 0.29) is 0 Å². The smallest absolute Gasteiger partial charge is 0.134 e. The van der Waals surface area contributed by atoms with Crippen LogP contribution in [0.15, 0.2) is 34.2 Å². The lowest BCUT2D eigenvalue weighted by molar-refractivity contribution is 0.755. The van der Waals surface area contributed by atoms with Gasteiger partial charge in [-0.1, -0.05) is 37.7 Å². The fourth-order valence-electron chi connectivity index (χ4n) is 1.81. The van der Waals surface area contributed by atoms with Crippen molar-refractivity contribution in [1.29, 1.82) is 0 Å². The Balaban J connectivity index is 2.37. The minimum Gasteiger partial charge on any atom is -0.373 e. The van der Waals surface area contributed by atoms with E-state index in [1.165, 1.54) is 16.0 Å². The molecule has 1 heterocycles. The second-order valence-electron chi connectivity index (χ2n) is 5.23. The van der Waals surface area contributed by atoms with Crippen LogP contribution < -0.4 is 5.32 Å². The summed E-state index contributed by atoms with van der Waals surface area (Å²) in [4.78, 5) is 10.4. The molecule has 4 heteroatoms. The number of nitrogens with one attached hydrogen (secondary N) is 1. The summed E-state index contributed by atoms with van der Waals surface area (Å²) >= 11 is 1.70. The van der Waals surface area contributed by atoms with Crippen LogP contribution >= 0.6 is 11.8 Å². The van der Waals surface area contributed by atoms with Gasteiger partial charge in [-0.15, -0.1) is 0 Å². The Morgan fingerprint density at radius 3 is 2.50 bits per heavy atom. The SMILES string of the molecule is CNc1cc(Sc2cc(C)ccc2C)nc(C(C)C)n1. The van der Waals surface area contributed by atoms with Crippen LogP contribution in [-0.4, -0.2) is 17.0 Å². The molecule has 0 aliphatic heterocycles. The summed E-state index contributed by atoms with van der Waals surface area (Å²) in [5.41, 5.74) is 2.54. The molecule has 0 fully saturated rings. The van der Waals surface area contributed by atoms with E-state index >= 15 is 0 Å². The van der Waals surface area contributed by atoms with Gasteiger partial charge in [0.15, 0.2) is 0 Å². The highest BCUT2D eigenvalue weighted by molar-refractivity contribution is 7.99. The molecule has 0 aliphatic rings. The van der Waals surface area contributed by atoms with E-state index in [0.29, 0.717) is 5.92 Å². The minimum absolute atomic E-state index is 0.321. The highest BCUT2D eigenvalue weighted by Crippen LogP contribution is 2.31. The summed E-state index contributed by atoms with van der Waals surface area (Å²) in [5.74, 6) is 2.07. The largest absolute Gasteiger partial charge is 0.373 e. The maximum Gasteiger partial charge on any atom is 0.134 e. The summed E-state index contributed by atoms with van der Waals surface area (Å²) in [6.07, 6.45) is 0. The first-order valence-corrected chi connectivity index (χ1v) is 7.63. The molecule has 0 bridgehead atoms. The monoisotopic (exact) mass is 287 g/mol. The predicted molar refractivity (Wildman–Crippen MR) is 85.7 cm³/mol. The first kappa shape index (κ1) is 14.9. The average molecular weight is 287 g/mol. The van der Waals surface area contributed by atoms with E-state index in [4.69, 9.17) is 0 Å². The molecule has 1 N–H and O–H groups in total. The van der Waals surface area contributed by atoms with Gasteiger partial charge in [0, 0.05) is 23.9 Å². The standard InChI is InChI=1S/C16H21N3S/c1-10(2)16-18-14(17-5)9-15(19-16)20-13-8-11(3)6-7-12(13)4/h6-10H,1-5H3,(H,17,18,19). The van der Waals surface area contributed by atoms with E-state index in [2.05, 4.69) is 61.2 Å². The fourth-order valence-corrected chi connectivity index (χ4v) is 2.82. The molecular formula is C16H21N3S. The van der Waals surface area contributed by atoms with Crippen LogP contribution in [0.4, 0.5) is 5.82 Å². The van der Waals surface area contributed by atoms with Crippen LogP contribution in [0.2, 0.25) is 0 Å². The first-order valence-electron chi connectivity index (χ1n) is 6.81. The second kappa shape index (κ2) is 6.27. The molecule has 0 saturated heterocycles. The Morgan fingerprint density at radius 2 is 1.85 bits per heavy atom. The molecule has 0 spiro atoms. The van der Waals surface area contributed by atoms with Crippen LogP contribution in [-0.2, 0) is 0 Å². The lowest BCUT2D eigenvalue weighted by Crippen LogP contribution is -2.02. The molecule has 0 atom stereocenters. The van der Waals surface area contributed by atoms with E-state index in [9.17, 15) is 0 Å². The third-order valence-corrected chi connectivity index (χ3v) is 4.13. The van der Waals surface area contributed by atoms with Crippen LogP contribution in [0, 0.1) is 13.8 Å². The predicted octanol–water partition coefficient (Wildman–Crippen LogP) is 4.41. The van der Waals surface area contributed by atoms with Crippen molar-refractivity contribution in [3.63, 3.8) is 0 Å². The van der Waals surface area contributed by atoms with Crippen molar-refractivity contribution < 1.29 is 0 Å². The van der Waals surface area contributed by atoms with Gasteiger partial charge in [0.05, 0.1) is 0 Å². The molecule has 0 saturated carbocycles. The number of nitrogens with zero attached hydrogens (tertiary/aromatic N) is 2. The third kappa shape index (κ3) is 3.51. The molecule has 0 unspecified atom stereocenters. The summed E-state index contributed by atoms with van der Waals surface area (Å²) < 4.78 is 0. The van der Waals surface area contributed by atoms with Gasteiger partial charge in [0.2, 0.25) is 0 Å². The molecule has 2 aromatic rings. The number of aryl methyl sites for hydroxylation is 2. The van der Waals surface area contributed by atoms with Crippen molar-refractivity contribution >= 4 is 17.6 Å². The van der Waals surface area contributed by atoms with E-state index < -0.39 is 0 Å². The van der Waals surface area contributed by atoms with Gasteiger partial charge in [-0.25, -0.2) is 9.97 Å². The minimum atomic E-state index is 0.321. The van der Waals surface area contributed by atoms with Gasteiger partial charge in [0.1, 0.15) is 16.7 Å². The van der Waals surface area contributed by atoms with Gasteiger partial charge in [-0.05, 0) is 31.0 Å². The zero-order chi connectivity index (χ0) is 14.7. The topological polar surface area (TPSA) is 37.8 Å². The number of aromatic nitrogens is 2. The van der Waals surface area contributed by atoms with Crippen molar-refractivity contribution in [2.75, 3.05) is 12.4 Å². The lowest BCUT2D eigenvalue weighted by Gasteiger charge is -2.11. The van der Waals surface area contributed by atoms with E-state index in [1.54, 1.807) is 11.8 Å². The molecule has 1 aromatic carbocycles. The molecule has 0 radical (unpaired) electrons. The molecule has 0 aliphatic carbocycles. The summed E-state index contributed by atoms with van der Waals surface area (Å²) in [5, 5.41) is 4.10. The summed E-state index contributed by atoms with van der Waals surface area (Å²) in [6.45, 7) is 8.47. The number of benzene rings is 1. The Labute approximate surface area is 125 Å². The number of rotatable bonds is 4. The Bertz CT molecular complexity index is 609. The molecule has 20 heavy (non-hydrogen) atoms. The quantitative estimate of drug-likeness (QED) is 0.845. The van der Waals surface area contributed by atoms with Gasteiger partial charge in [0.25, 0.3) is 0 Å². The molecule has 0 amide bonds. The van der Waals surface area contributed by atoms with Gasteiger partial charge < -0.3 is 5.32 Å². The molecule has 106 valence electrons. The van der Waals surface area contributed by atoms with E-state index in [0.717, 1.165) is 16.7 Å². The van der Waals surface area contributed by atoms with Crippen LogP contribution in [0.1, 0.15) is 36.7 Å². The highest BCUT2D eigenvalue weighted by Gasteiger charge is 2.10. The molecule has 2 rings (SSSR count). The number of hydrogen-bond acceptors (Lipinski definition) is 4. The van der Waals surface area contributed by atoms with Crippen LogP contribution in [0.5, 0.6) is 0 Å². The second-order valence-corrected chi connectivity index (χ2v) is 6.29. The summed E-state index contributed by atoms with van der Waals surface area (Å²) in [6, 6.07) is 8.49. The van der Waals surface area contributed by atoms with Crippen molar-refractivity contribution in [2.24, 2.45) is 0 Å². The van der Waals surface area contributed by atoms with Gasteiger partial charge in [-0.3, -0.25) is 0 Å². The zero-order valence-corrected chi connectivity index (χ0v) is 13.5. The number of hydrogen-bond donors (Lipinski definition) is 1. The van der Waals surface area contributed by atoms with Crippen LogP contribution in [0.25, 0.3) is 0 Å². The maximum atomic E-state index is 4.66. The number of anilines is 1. The van der Waals surface area contributed by atoms with Crippen molar-refractivity contribution in [3.05, 3.63) is 41.2 Å². The fraction of sp³-hybridized carbons (Fsp3) is 0.375. The zero-order valence-electron chi connectivity index (χ0n) is 12.7. The van der Waals surface area contributed by atoms with Gasteiger partial charge in [-0.2, -0.15) is 0 Å².